The summed E-state index contributed by atoms with van der Waals surface area (Å²) in [6, 6.07) is 2.72. The maximum atomic E-state index is 8.20. The summed E-state index contributed by atoms with van der Waals surface area (Å²) >= 11 is 1.60. The number of aryl methyl sites for hydroxylation is 1. The van der Waals surface area contributed by atoms with Gasteiger partial charge in [0.1, 0.15) is 5.49 Å². The molecular formula is C17H29N5S. The molecule has 0 spiro atoms. The zero-order valence-corrected chi connectivity index (χ0v) is 15.7. The second-order valence-corrected chi connectivity index (χ2v) is 9.54. The topological polar surface area (TPSA) is 65.2 Å². The summed E-state index contributed by atoms with van der Waals surface area (Å²) in [6.45, 7) is 11.1. The molecule has 1 aromatic rings. The van der Waals surface area contributed by atoms with Crippen LogP contribution < -0.4 is 16.1 Å². The van der Waals surface area contributed by atoms with Crippen molar-refractivity contribution in [3.05, 3.63) is 16.4 Å². The highest BCUT2D eigenvalue weighted by atomic mass is 32.1. The normalized spacial score (nSPS) is 24.7. The molecule has 3 N–H and O–H groups in total. The van der Waals surface area contributed by atoms with Crippen molar-refractivity contribution in [2.24, 2.45) is 4.99 Å². The molecule has 2 fully saturated rings. The van der Waals surface area contributed by atoms with Crippen LogP contribution in [0.4, 0.5) is 0 Å². The lowest BCUT2D eigenvalue weighted by Crippen LogP contribution is -2.62. The predicted octanol–water partition coefficient (Wildman–Crippen LogP) is 2.60. The first-order valence-corrected chi connectivity index (χ1v) is 9.30. The van der Waals surface area contributed by atoms with E-state index in [1.54, 1.807) is 11.5 Å². The van der Waals surface area contributed by atoms with Crippen LogP contribution in [0.15, 0.2) is 11.1 Å². The number of nitrogens with zero attached hydrogens (tertiary/aromatic N) is 2. The molecular weight excluding hydrogens is 306 g/mol. The maximum absolute atomic E-state index is 8.20. The Morgan fingerprint density at radius 1 is 1.30 bits per heavy atom. The molecule has 1 aliphatic carbocycles. The second-order valence-electron chi connectivity index (χ2n) is 8.35. The number of rotatable bonds is 2. The number of aliphatic imine (C=N–C) groups is 1. The molecule has 23 heavy (non-hydrogen) atoms. The Morgan fingerprint density at radius 2 is 1.91 bits per heavy atom. The first-order chi connectivity index (χ1) is 10.6. The Labute approximate surface area is 142 Å². The van der Waals surface area contributed by atoms with Gasteiger partial charge >= 0.3 is 0 Å². The third-order valence-electron chi connectivity index (χ3n) is 4.36. The van der Waals surface area contributed by atoms with E-state index >= 15 is 0 Å². The largest absolute Gasteiger partial charge is 0.352 e. The molecule has 0 radical (unpaired) electrons. The average Bonchev–Trinajstić information content (AvgIpc) is 3.09. The molecule has 0 amide bonds. The Hall–Kier alpha value is -1.14. The van der Waals surface area contributed by atoms with Gasteiger partial charge in [0, 0.05) is 22.0 Å². The quantitative estimate of drug-likeness (QED) is 0.574. The van der Waals surface area contributed by atoms with Crippen molar-refractivity contribution < 1.29 is 0 Å². The van der Waals surface area contributed by atoms with Crippen molar-refractivity contribution in [1.29, 1.82) is 5.41 Å². The van der Waals surface area contributed by atoms with E-state index in [9.17, 15) is 0 Å². The molecule has 1 saturated heterocycles. The fourth-order valence-corrected chi connectivity index (χ4v) is 4.55. The lowest BCUT2D eigenvalue weighted by Gasteiger charge is -2.46. The van der Waals surface area contributed by atoms with Crippen LogP contribution in [0, 0.1) is 12.3 Å². The van der Waals surface area contributed by atoms with Crippen LogP contribution in [0.25, 0.3) is 0 Å². The average molecular weight is 336 g/mol. The summed E-state index contributed by atoms with van der Waals surface area (Å²) in [6.07, 6.45) is 4.45. The Kier molecular flexibility index (Phi) is 4.17. The Morgan fingerprint density at radius 3 is 2.39 bits per heavy atom. The number of aromatic nitrogens is 1. The predicted molar refractivity (Wildman–Crippen MR) is 96.2 cm³/mol. The fraction of sp³-hybridized carbons (Fsp3) is 0.765. The van der Waals surface area contributed by atoms with Crippen LogP contribution in [0.5, 0.6) is 0 Å². The van der Waals surface area contributed by atoms with Gasteiger partial charge in [-0.3, -0.25) is 5.41 Å². The minimum absolute atomic E-state index is 0.101. The molecule has 3 rings (SSSR count). The lowest BCUT2D eigenvalue weighted by atomic mass is 9.80. The molecule has 1 aromatic heterocycles. The summed E-state index contributed by atoms with van der Waals surface area (Å²) in [4.78, 5) is 6.01. The summed E-state index contributed by atoms with van der Waals surface area (Å²) in [5.74, 6) is 0.870. The van der Waals surface area contributed by atoms with Crippen molar-refractivity contribution in [3.8, 4) is 0 Å². The third kappa shape index (κ3) is 4.23. The fourth-order valence-electron chi connectivity index (χ4n) is 3.76. The molecule has 1 aliphatic heterocycles. The van der Waals surface area contributed by atoms with Gasteiger partial charge in [-0.15, -0.1) is 0 Å². The molecule has 0 unspecified atom stereocenters. The number of piperidine rings is 1. The van der Waals surface area contributed by atoms with Gasteiger partial charge in [-0.1, -0.05) is 11.5 Å². The molecule has 1 saturated carbocycles. The van der Waals surface area contributed by atoms with Crippen molar-refractivity contribution in [3.63, 3.8) is 0 Å². The SMILES string of the molecule is Cc1cc(=N)n(C(=NC2CC2)NC2CC(C)(C)NC(C)(C)C2)s1. The van der Waals surface area contributed by atoms with Crippen molar-refractivity contribution >= 4 is 17.5 Å². The zero-order valence-electron chi connectivity index (χ0n) is 14.9. The molecule has 0 bridgehead atoms. The van der Waals surface area contributed by atoms with Crippen LogP contribution in [-0.4, -0.2) is 33.1 Å². The van der Waals surface area contributed by atoms with E-state index in [0.717, 1.165) is 23.7 Å². The lowest BCUT2D eigenvalue weighted by molar-refractivity contribution is 0.155. The standard InChI is InChI=1S/C17H29N5S/c1-11-8-14(18)22(23-11)15(19-12-6-7-12)20-13-9-16(2,3)21-17(4,5)10-13/h8,12-13,18,21H,6-7,9-10H2,1-5H3,(H,19,20). The van der Waals surface area contributed by atoms with Crippen molar-refractivity contribution in [1.82, 2.24) is 14.6 Å². The van der Waals surface area contributed by atoms with Crippen LogP contribution in [0.2, 0.25) is 0 Å². The number of nitrogens with one attached hydrogen (secondary N) is 3. The van der Waals surface area contributed by atoms with Gasteiger partial charge in [-0.25, -0.2) is 8.95 Å². The second kappa shape index (κ2) is 5.74. The minimum Gasteiger partial charge on any atom is -0.352 e. The first kappa shape index (κ1) is 16.7. The number of hydrogen-bond acceptors (Lipinski definition) is 4. The van der Waals surface area contributed by atoms with Crippen LogP contribution in [0.3, 0.4) is 0 Å². The zero-order chi connectivity index (χ0) is 16.8. The minimum atomic E-state index is 0.101. The highest BCUT2D eigenvalue weighted by Gasteiger charge is 2.38. The van der Waals surface area contributed by atoms with Gasteiger partial charge < -0.3 is 10.6 Å². The van der Waals surface area contributed by atoms with Gasteiger partial charge in [0.25, 0.3) is 0 Å². The van der Waals surface area contributed by atoms with Crippen molar-refractivity contribution in [2.75, 3.05) is 0 Å². The Balaban J connectivity index is 1.84. The Bertz CT molecular complexity index is 647. The molecule has 6 heteroatoms. The van der Waals surface area contributed by atoms with E-state index in [0.29, 0.717) is 17.6 Å². The van der Waals surface area contributed by atoms with Crippen LogP contribution in [0.1, 0.15) is 58.3 Å². The highest BCUT2D eigenvalue weighted by molar-refractivity contribution is 7.07. The molecule has 128 valence electrons. The van der Waals surface area contributed by atoms with Gasteiger partial charge in [-0.2, -0.15) is 0 Å². The van der Waals surface area contributed by atoms with Crippen LogP contribution >= 0.6 is 11.5 Å². The molecule has 0 aromatic carbocycles. The summed E-state index contributed by atoms with van der Waals surface area (Å²) in [5.41, 5.74) is 0.722. The maximum Gasteiger partial charge on any atom is 0.214 e. The monoisotopic (exact) mass is 335 g/mol. The molecule has 2 aliphatic rings. The third-order valence-corrected chi connectivity index (χ3v) is 5.32. The molecule has 2 heterocycles. The molecule has 0 atom stereocenters. The van der Waals surface area contributed by atoms with Gasteiger partial charge in [-0.05, 0) is 66.4 Å². The van der Waals surface area contributed by atoms with Gasteiger partial charge in [0.05, 0.1) is 6.04 Å². The smallest absolute Gasteiger partial charge is 0.214 e. The van der Waals surface area contributed by atoms with Crippen LogP contribution in [-0.2, 0) is 0 Å². The summed E-state index contributed by atoms with van der Waals surface area (Å²) in [5, 5.41) is 15.6. The van der Waals surface area contributed by atoms with Gasteiger partial charge in [0.2, 0.25) is 5.96 Å². The van der Waals surface area contributed by atoms with E-state index in [-0.39, 0.29) is 11.1 Å². The van der Waals surface area contributed by atoms with E-state index < -0.39 is 0 Å². The molecule has 5 nitrogen and oxygen atoms in total. The highest BCUT2D eigenvalue weighted by Crippen LogP contribution is 2.29. The summed E-state index contributed by atoms with van der Waals surface area (Å²) in [7, 11) is 0. The van der Waals surface area contributed by atoms with E-state index in [1.807, 2.05) is 16.9 Å². The van der Waals surface area contributed by atoms with Gasteiger partial charge in [0.15, 0.2) is 0 Å². The first-order valence-electron chi connectivity index (χ1n) is 8.52. The van der Waals surface area contributed by atoms with E-state index in [4.69, 9.17) is 10.4 Å². The van der Waals surface area contributed by atoms with Crippen molar-refractivity contribution in [2.45, 2.75) is 83.5 Å². The van der Waals surface area contributed by atoms with E-state index in [1.165, 1.54) is 12.8 Å². The summed E-state index contributed by atoms with van der Waals surface area (Å²) < 4.78 is 1.94. The van der Waals surface area contributed by atoms with E-state index in [2.05, 4.69) is 38.3 Å². The number of hydrogen-bond donors (Lipinski definition) is 3.